The molecule has 1 heterocycles. The summed E-state index contributed by atoms with van der Waals surface area (Å²) < 4.78 is 5.33. The van der Waals surface area contributed by atoms with Crippen molar-refractivity contribution in [2.24, 2.45) is 5.92 Å². The Morgan fingerprint density at radius 3 is 2.92 bits per heavy atom. The van der Waals surface area contributed by atoms with Gasteiger partial charge in [0.05, 0.1) is 0 Å². The van der Waals surface area contributed by atoms with Gasteiger partial charge in [0.2, 0.25) is 0 Å². The quantitative estimate of drug-likeness (QED) is 0.756. The lowest BCUT2D eigenvalue weighted by molar-refractivity contribution is 0.0773. The van der Waals surface area contributed by atoms with E-state index in [1.54, 1.807) is 19.4 Å². The van der Waals surface area contributed by atoms with Crippen molar-refractivity contribution in [1.82, 2.24) is 9.97 Å². The zero-order valence-electron chi connectivity index (χ0n) is 7.60. The van der Waals surface area contributed by atoms with Crippen LogP contribution in [0.5, 0.6) is 0 Å². The molecule has 0 amide bonds. The van der Waals surface area contributed by atoms with Gasteiger partial charge in [0, 0.05) is 13.3 Å². The molecule has 0 aliphatic heterocycles. The van der Waals surface area contributed by atoms with Crippen molar-refractivity contribution >= 4 is 5.82 Å². The van der Waals surface area contributed by atoms with Crippen LogP contribution in [0, 0.1) is 5.92 Å². The molecule has 4 nitrogen and oxygen atoms in total. The van der Waals surface area contributed by atoms with Crippen LogP contribution in [0.4, 0.5) is 5.82 Å². The van der Waals surface area contributed by atoms with Crippen LogP contribution in [0.2, 0.25) is 0 Å². The molecule has 13 heavy (non-hydrogen) atoms. The minimum absolute atomic E-state index is 0.0310. The Balaban J connectivity index is 2.21. The molecule has 0 spiro atoms. The summed E-state index contributed by atoms with van der Waals surface area (Å²) in [5.41, 5.74) is 5.56. The van der Waals surface area contributed by atoms with E-state index >= 15 is 0 Å². The highest BCUT2D eigenvalue weighted by Gasteiger charge is 2.34. The Labute approximate surface area is 77.1 Å². The molecule has 1 aromatic heterocycles. The van der Waals surface area contributed by atoms with Gasteiger partial charge in [-0.05, 0) is 24.8 Å². The summed E-state index contributed by atoms with van der Waals surface area (Å²) in [4.78, 5) is 8.30. The molecular formula is C9H13N3O. The molecule has 1 atom stereocenters. The van der Waals surface area contributed by atoms with E-state index in [9.17, 15) is 0 Å². The number of hydrogen-bond acceptors (Lipinski definition) is 4. The number of hydrogen-bond donors (Lipinski definition) is 1. The van der Waals surface area contributed by atoms with Crippen molar-refractivity contribution in [1.29, 1.82) is 0 Å². The molecule has 2 N–H and O–H groups in total. The summed E-state index contributed by atoms with van der Waals surface area (Å²) in [7, 11) is 1.69. The SMILES string of the molecule is COC(c1nccc(N)n1)C1CC1. The summed E-state index contributed by atoms with van der Waals surface area (Å²) in [5, 5.41) is 0. The first-order valence-electron chi connectivity index (χ1n) is 4.42. The zero-order valence-corrected chi connectivity index (χ0v) is 7.60. The van der Waals surface area contributed by atoms with Crippen LogP contribution in [-0.2, 0) is 4.74 Å². The van der Waals surface area contributed by atoms with Gasteiger partial charge in [-0.2, -0.15) is 0 Å². The summed E-state index contributed by atoms with van der Waals surface area (Å²) >= 11 is 0. The van der Waals surface area contributed by atoms with Crippen LogP contribution in [0.25, 0.3) is 0 Å². The van der Waals surface area contributed by atoms with E-state index in [1.807, 2.05) is 0 Å². The number of nitrogen functional groups attached to an aromatic ring is 1. The average molecular weight is 179 g/mol. The number of nitrogens with zero attached hydrogens (tertiary/aromatic N) is 2. The summed E-state index contributed by atoms with van der Waals surface area (Å²) in [6, 6.07) is 1.68. The van der Waals surface area contributed by atoms with Gasteiger partial charge >= 0.3 is 0 Å². The maximum Gasteiger partial charge on any atom is 0.159 e. The first-order chi connectivity index (χ1) is 6.31. The van der Waals surface area contributed by atoms with E-state index < -0.39 is 0 Å². The van der Waals surface area contributed by atoms with Crippen molar-refractivity contribution < 1.29 is 4.74 Å². The van der Waals surface area contributed by atoms with Gasteiger partial charge in [-0.3, -0.25) is 0 Å². The Hall–Kier alpha value is -1.16. The molecule has 0 saturated heterocycles. The first-order valence-corrected chi connectivity index (χ1v) is 4.42. The largest absolute Gasteiger partial charge is 0.384 e. The number of aromatic nitrogens is 2. The van der Waals surface area contributed by atoms with E-state index in [1.165, 1.54) is 12.8 Å². The number of nitrogens with two attached hydrogens (primary N) is 1. The molecule has 0 bridgehead atoms. The molecule has 1 aromatic rings. The molecular weight excluding hydrogens is 166 g/mol. The Kier molecular flexibility index (Phi) is 2.14. The van der Waals surface area contributed by atoms with Crippen molar-refractivity contribution in [2.75, 3.05) is 12.8 Å². The molecule has 0 radical (unpaired) electrons. The molecule has 4 heteroatoms. The van der Waals surface area contributed by atoms with E-state index in [-0.39, 0.29) is 6.10 Å². The molecule has 0 aromatic carbocycles. The second-order valence-electron chi connectivity index (χ2n) is 3.33. The van der Waals surface area contributed by atoms with E-state index in [0.29, 0.717) is 17.6 Å². The lowest BCUT2D eigenvalue weighted by Crippen LogP contribution is -2.09. The monoisotopic (exact) mass is 179 g/mol. The maximum absolute atomic E-state index is 5.56. The van der Waals surface area contributed by atoms with Crippen LogP contribution in [0.3, 0.4) is 0 Å². The van der Waals surface area contributed by atoms with Crippen LogP contribution in [-0.4, -0.2) is 17.1 Å². The molecule has 1 fully saturated rings. The third-order valence-corrected chi connectivity index (χ3v) is 2.25. The predicted molar refractivity (Wildman–Crippen MR) is 48.9 cm³/mol. The van der Waals surface area contributed by atoms with Gasteiger partial charge in [0.15, 0.2) is 5.82 Å². The average Bonchev–Trinajstić information content (AvgIpc) is 2.90. The van der Waals surface area contributed by atoms with E-state index in [4.69, 9.17) is 10.5 Å². The minimum Gasteiger partial charge on any atom is -0.384 e. The van der Waals surface area contributed by atoms with Crippen molar-refractivity contribution in [3.05, 3.63) is 18.1 Å². The summed E-state index contributed by atoms with van der Waals surface area (Å²) in [6.07, 6.45) is 4.11. The first kappa shape index (κ1) is 8.44. The molecule has 70 valence electrons. The molecule has 2 rings (SSSR count). The fourth-order valence-corrected chi connectivity index (χ4v) is 1.43. The summed E-state index contributed by atoms with van der Waals surface area (Å²) in [5.74, 6) is 1.81. The predicted octanol–water partition coefficient (Wildman–Crippen LogP) is 1.16. The number of anilines is 1. The Morgan fingerprint density at radius 2 is 2.38 bits per heavy atom. The van der Waals surface area contributed by atoms with Gasteiger partial charge in [-0.25, -0.2) is 9.97 Å². The molecule has 1 aliphatic carbocycles. The second-order valence-corrected chi connectivity index (χ2v) is 3.33. The Morgan fingerprint density at radius 1 is 1.62 bits per heavy atom. The van der Waals surface area contributed by atoms with Gasteiger partial charge in [0.25, 0.3) is 0 Å². The Bertz CT molecular complexity index is 299. The zero-order chi connectivity index (χ0) is 9.26. The van der Waals surface area contributed by atoms with Crippen LogP contribution >= 0.6 is 0 Å². The fraction of sp³-hybridized carbons (Fsp3) is 0.556. The van der Waals surface area contributed by atoms with Crippen LogP contribution in [0.15, 0.2) is 12.3 Å². The van der Waals surface area contributed by atoms with Gasteiger partial charge in [-0.15, -0.1) is 0 Å². The lowest BCUT2D eigenvalue weighted by atomic mass is 10.2. The normalized spacial score (nSPS) is 18.5. The minimum atomic E-state index is 0.0310. The second kappa shape index (κ2) is 3.30. The molecule has 1 unspecified atom stereocenters. The van der Waals surface area contributed by atoms with Crippen molar-refractivity contribution in [2.45, 2.75) is 18.9 Å². The van der Waals surface area contributed by atoms with Crippen LogP contribution in [0.1, 0.15) is 24.8 Å². The fourth-order valence-electron chi connectivity index (χ4n) is 1.43. The summed E-state index contributed by atoms with van der Waals surface area (Å²) in [6.45, 7) is 0. The standard InChI is InChI=1S/C9H13N3O/c1-13-8(6-2-3-6)9-11-5-4-7(10)12-9/h4-6,8H,2-3H2,1H3,(H2,10,11,12). The topological polar surface area (TPSA) is 61.0 Å². The highest BCUT2D eigenvalue weighted by atomic mass is 16.5. The third kappa shape index (κ3) is 1.78. The smallest absolute Gasteiger partial charge is 0.159 e. The van der Waals surface area contributed by atoms with Crippen molar-refractivity contribution in [3.8, 4) is 0 Å². The van der Waals surface area contributed by atoms with E-state index in [2.05, 4.69) is 9.97 Å². The number of rotatable bonds is 3. The maximum atomic E-state index is 5.56. The number of ether oxygens (including phenoxy) is 1. The lowest BCUT2D eigenvalue weighted by Gasteiger charge is -2.12. The highest BCUT2D eigenvalue weighted by molar-refractivity contribution is 5.25. The highest BCUT2D eigenvalue weighted by Crippen LogP contribution is 2.41. The van der Waals surface area contributed by atoms with E-state index in [0.717, 1.165) is 0 Å². The number of methoxy groups -OCH3 is 1. The molecule has 1 aliphatic rings. The van der Waals surface area contributed by atoms with Gasteiger partial charge < -0.3 is 10.5 Å². The van der Waals surface area contributed by atoms with Crippen molar-refractivity contribution in [3.63, 3.8) is 0 Å². The van der Waals surface area contributed by atoms with Gasteiger partial charge in [0.1, 0.15) is 11.9 Å². The molecule has 1 saturated carbocycles. The van der Waals surface area contributed by atoms with Gasteiger partial charge in [-0.1, -0.05) is 0 Å². The third-order valence-electron chi connectivity index (χ3n) is 2.25. The van der Waals surface area contributed by atoms with Crippen LogP contribution < -0.4 is 5.73 Å².